The second-order valence-electron chi connectivity index (χ2n) is 4.61. The second kappa shape index (κ2) is 6.71. The molecule has 0 aromatic carbocycles. The monoisotopic (exact) mass is 278 g/mol. The summed E-state index contributed by atoms with van der Waals surface area (Å²) in [5.41, 5.74) is 0. The maximum Gasteiger partial charge on any atom is 0.261 e. The van der Waals surface area contributed by atoms with Crippen molar-refractivity contribution in [3.63, 3.8) is 0 Å². The van der Waals surface area contributed by atoms with Gasteiger partial charge >= 0.3 is 0 Å². The van der Waals surface area contributed by atoms with Crippen molar-refractivity contribution < 1.29 is 9.90 Å². The number of likely N-dealkylation sites (tertiary alicyclic amines) is 1. The normalized spacial score (nSPS) is 18.9. The number of aliphatic hydroxyl groups is 1. The van der Waals surface area contributed by atoms with Gasteiger partial charge in [-0.2, -0.15) is 0 Å². The molecule has 1 aliphatic rings. The predicted molar refractivity (Wildman–Crippen MR) is 76.3 cm³/mol. The topological polar surface area (TPSA) is 52.6 Å². The Labute approximate surface area is 117 Å². The Morgan fingerprint density at radius 3 is 3.16 bits per heavy atom. The molecule has 1 aliphatic heterocycles. The third-order valence-corrected chi connectivity index (χ3v) is 4.29. The molecule has 1 atom stereocenters. The third kappa shape index (κ3) is 3.80. The molecule has 102 valence electrons. The van der Waals surface area contributed by atoms with Gasteiger partial charge in [0.25, 0.3) is 5.91 Å². The molecular weight excluding hydrogens is 260 g/mol. The van der Waals surface area contributed by atoms with Gasteiger partial charge in [0, 0.05) is 12.6 Å². The molecule has 0 aliphatic carbocycles. The molecule has 5 heteroatoms. The van der Waals surface area contributed by atoms with Crippen LogP contribution in [0.4, 0.5) is 0 Å². The average molecular weight is 278 g/mol. The van der Waals surface area contributed by atoms with E-state index in [1.54, 1.807) is 6.07 Å². The first-order valence-corrected chi connectivity index (χ1v) is 7.20. The molecule has 1 amide bonds. The number of hydrogen-bond acceptors (Lipinski definition) is 4. The zero-order valence-corrected chi connectivity index (χ0v) is 11.8. The molecule has 1 aromatic rings. The molecule has 1 aromatic heterocycles. The summed E-state index contributed by atoms with van der Waals surface area (Å²) in [7, 11) is 2.09. The molecule has 2 heterocycles. The van der Waals surface area contributed by atoms with Crippen molar-refractivity contribution in [2.45, 2.75) is 18.9 Å². The molecule has 2 N–H and O–H groups in total. The zero-order chi connectivity index (χ0) is 13.7. The maximum atomic E-state index is 12.0. The predicted octanol–water partition coefficient (Wildman–Crippen LogP) is 0.916. The fourth-order valence-corrected chi connectivity index (χ4v) is 2.99. The standard InChI is InChI=1S/C14H18N2O2S/c1-16-8-2-4-11(16)10-15-14(18)13-7-6-12(19-13)5-3-9-17/h6-7,11,17H,2,4,8-10H2,1H3,(H,15,18). The Hall–Kier alpha value is -1.35. The summed E-state index contributed by atoms with van der Waals surface area (Å²) in [6, 6.07) is 4.04. The number of aliphatic hydroxyl groups excluding tert-OH is 1. The number of carbonyl (C=O) groups excluding carboxylic acids is 1. The van der Waals surface area contributed by atoms with Crippen molar-refractivity contribution in [3.8, 4) is 11.8 Å². The molecule has 0 saturated carbocycles. The number of likely N-dealkylation sites (N-methyl/N-ethyl adjacent to an activating group) is 1. The highest BCUT2D eigenvalue weighted by molar-refractivity contribution is 7.14. The van der Waals surface area contributed by atoms with Crippen molar-refractivity contribution in [3.05, 3.63) is 21.9 Å². The minimum absolute atomic E-state index is 0.0395. The van der Waals surface area contributed by atoms with Gasteiger partial charge in [0.15, 0.2) is 0 Å². The van der Waals surface area contributed by atoms with E-state index >= 15 is 0 Å². The van der Waals surface area contributed by atoms with Crippen LogP contribution >= 0.6 is 11.3 Å². The van der Waals surface area contributed by atoms with Gasteiger partial charge in [0.2, 0.25) is 0 Å². The zero-order valence-electron chi connectivity index (χ0n) is 11.0. The van der Waals surface area contributed by atoms with E-state index in [9.17, 15) is 4.79 Å². The van der Waals surface area contributed by atoms with Crippen LogP contribution in [-0.2, 0) is 0 Å². The molecule has 4 nitrogen and oxygen atoms in total. The summed E-state index contributed by atoms with van der Waals surface area (Å²) in [5, 5.41) is 11.6. The summed E-state index contributed by atoms with van der Waals surface area (Å²) in [6.07, 6.45) is 2.35. The summed E-state index contributed by atoms with van der Waals surface area (Å²) < 4.78 is 0. The number of nitrogens with zero attached hydrogens (tertiary/aromatic N) is 1. The summed E-state index contributed by atoms with van der Waals surface area (Å²) >= 11 is 1.35. The van der Waals surface area contributed by atoms with Gasteiger partial charge in [-0.05, 0) is 38.6 Å². The van der Waals surface area contributed by atoms with E-state index in [1.165, 1.54) is 17.8 Å². The molecule has 0 spiro atoms. The SMILES string of the molecule is CN1CCCC1CNC(=O)c1ccc(C#CCO)s1. The van der Waals surface area contributed by atoms with Crippen molar-refractivity contribution in [2.24, 2.45) is 0 Å². The van der Waals surface area contributed by atoms with Crippen LogP contribution in [0.1, 0.15) is 27.4 Å². The lowest BCUT2D eigenvalue weighted by Crippen LogP contribution is -2.37. The first-order valence-electron chi connectivity index (χ1n) is 6.38. The summed E-state index contributed by atoms with van der Waals surface area (Å²) in [5.74, 6) is 5.34. The van der Waals surface area contributed by atoms with E-state index in [0.29, 0.717) is 17.5 Å². The van der Waals surface area contributed by atoms with E-state index in [1.807, 2.05) is 6.07 Å². The Bertz CT molecular complexity index is 501. The fraction of sp³-hybridized carbons (Fsp3) is 0.500. The average Bonchev–Trinajstić information content (AvgIpc) is 3.03. The molecule has 0 radical (unpaired) electrons. The van der Waals surface area contributed by atoms with E-state index < -0.39 is 0 Å². The van der Waals surface area contributed by atoms with E-state index in [2.05, 4.69) is 29.1 Å². The van der Waals surface area contributed by atoms with Crippen LogP contribution in [0.3, 0.4) is 0 Å². The highest BCUT2D eigenvalue weighted by Gasteiger charge is 2.21. The van der Waals surface area contributed by atoms with Gasteiger partial charge < -0.3 is 15.3 Å². The van der Waals surface area contributed by atoms with Gasteiger partial charge in [-0.1, -0.05) is 11.8 Å². The van der Waals surface area contributed by atoms with E-state index in [4.69, 9.17) is 5.11 Å². The van der Waals surface area contributed by atoms with Crippen LogP contribution in [0.2, 0.25) is 0 Å². The lowest BCUT2D eigenvalue weighted by atomic mass is 10.2. The first-order chi connectivity index (χ1) is 9.20. The van der Waals surface area contributed by atoms with Crippen molar-refractivity contribution in [1.82, 2.24) is 10.2 Å². The van der Waals surface area contributed by atoms with Crippen molar-refractivity contribution in [1.29, 1.82) is 0 Å². The molecule has 1 fully saturated rings. The largest absolute Gasteiger partial charge is 0.384 e. The Morgan fingerprint density at radius 1 is 1.63 bits per heavy atom. The molecule has 1 unspecified atom stereocenters. The molecular formula is C14H18N2O2S. The van der Waals surface area contributed by atoms with E-state index in [0.717, 1.165) is 17.8 Å². The highest BCUT2D eigenvalue weighted by atomic mass is 32.1. The van der Waals surface area contributed by atoms with Crippen LogP contribution in [0.25, 0.3) is 0 Å². The third-order valence-electron chi connectivity index (χ3n) is 3.29. The number of nitrogens with one attached hydrogen (secondary N) is 1. The van der Waals surface area contributed by atoms with Crippen LogP contribution in [0, 0.1) is 11.8 Å². The van der Waals surface area contributed by atoms with Crippen LogP contribution < -0.4 is 5.32 Å². The van der Waals surface area contributed by atoms with Gasteiger partial charge in [0.1, 0.15) is 6.61 Å². The first kappa shape index (κ1) is 14.1. The molecule has 1 saturated heterocycles. The Kier molecular flexibility index (Phi) is 4.97. The smallest absolute Gasteiger partial charge is 0.261 e. The highest BCUT2D eigenvalue weighted by Crippen LogP contribution is 2.16. The number of amides is 1. The number of hydrogen-bond donors (Lipinski definition) is 2. The van der Waals surface area contributed by atoms with Crippen molar-refractivity contribution >= 4 is 17.2 Å². The van der Waals surface area contributed by atoms with Gasteiger partial charge in [-0.3, -0.25) is 4.79 Å². The number of carbonyl (C=O) groups is 1. The molecule has 19 heavy (non-hydrogen) atoms. The molecule has 0 bridgehead atoms. The fourth-order valence-electron chi connectivity index (χ4n) is 2.19. The minimum atomic E-state index is -0.159. The van der Waals surface area contributed by atoms with Crippen molar-refractivity contribution in [2.75, 3.05) is 26.7 Å². The number of rotatable bonds is 3. The minimum Gasteiger partial charge on any atom is -0.384 e. The van der Waals surface area contributed by atoms with Gasteiger partial charge in [-0.25, -0.2) is 0 Å². The lowest BCUT2D eigenvalue weighted by Gasteiger charge is -2.19. The maximum absolute atomic E-state index is 12.0. The van der Waals surface area contributed by atoms with Crippen LogP contribution in [-0.4, -0.2) is 48.7 Å². The second-order valence-corrected chi connectivity index (χ2v) is 5.69. The Balaban J connectivity index is 1.87. The lowest BCUT2D eigenvalue weighted by molar-refractivity contribution is 0.0947. The quantitative estimate of drug-likeness (QED) is 0.808. The van der Waals surface area contributed by atoms with Crippen LogP contribution in [0.15, 0.2) is 12.1 Å². The van der Waals surface area contributed by atoms with E-state index in [-0.39, 0.29) is 12.5 Å². The van der Waals surface area contributed by atoms with Gasteiger partial charge in [0.05, 0.1) is 9.75 Å². The Morgan fingerprint density at radius 2 is 2.47 bits per heavy atom. The summed E-state index contributed by atoms with van der Waals surface area (Å²) in [4.78, 5) is 15.7. The number of thiophene rings is 1. The summed E-state index contributed by atoms with van der Waals surface area (Å²) in [6.45, 7) is 1.65. The van der Waals surface area contributed by atoms with Gasteiger partial charge in [-0.15, -0.1) is 11.3 Å². The molecule has 2 rings (SSSR count). The van der Waals surface area contributed by atoms with Crippen LogP contribution in [0.5, 0.6) is 0 Å².